The van der Waals surface area contributed by atoms with Crippen LogP contribution < -0.4 is 0 Å². The maximum atomic E-state index is 3.79. The Labute approximate surface area is 80.0 Å². The summed E-state index contributed by atoms with van der Waals surface area (Å²) in [5, 5.41) is 0. The summed E-state index contributed by atoms with van der Waals surface area (Å²) in [5.74, 6) is 0. The molecule has 1 aliphatic heterocycles. The van der Waals surface area contributed by atoms with E-state index < -0.39 is 0 Å². The van der Waals surface area contributed by atoms with Gasteiger partial charge in [-0.25, -0.2) is 0 Å². The second-order valence-corrected chi connectivity index (χ2v) is 6.39. The zero-order valence-electron chi connectivity index (χ0n) is 6.42. The number of rotatable bonds is 2. The van der Waals surface area contributed by atoms with Crippen molar-refractivity contribution in [1.82, 2.24) is 0 Å². The van der Waals surface area contributed by atoms with Crippen molar-refractivity contribution in [3.8, 4) is 0 Å². The van der Waals surface area contributed by atoms with Gasteiger partial charge in [-0.15, -0.1) is 6.58 Å². The van der Waals surface area contributed by atoms with Crippen LogP contribution in [0, 0.1) is 0 Å². The van der Waals surface area contributed by atoms with Crippen LogP contribution in [0.3, 0.4) is 0 Å². The van der Waals surface area contributed by atoms with Gasteiger partial charge < -0.3 is 0 Å². The van der Waals surface area contributed by atoms with Gasteiger partial charge in [0.1, 0.15) is 0 Å². The summed E-state index contributed by atoms with van der Waals surface area (Å²) in [5.41, 5.74) is 0. The molecular weight excluding hydrogens is 319 g/mol. The Kier molecular flexibility index (Phi) is 6.77. The topological polar surface area (TPSA) is 0 Å². The molecule has 1 rings (SSSR count). The molecule has 0 radical (unpaired) electrons. The van der Waals surface area contributed by atoms with Crippen molar-refractivity contribution in [1.29, 1.82) is 0 Å². The van der Waals surface area contributed by atoms with E-state index in [1.54, 1.807) is 12.1 Å². The van der Waals surface area contributed by atoms with Gasteiger partial charge in [0.25, 0.3) is 0 Å². The maximum absolute atomic E-state index is 3.79. The summed E-state index contributed by atoms with van der Waals surface area (Å²) in [4.78, 5) is 0. The fourth-order valence-electron chi connectivity index (χ4n) is 1.66. The van der Waals surface area contributed by atoms with Crippen LogP contribution in [0.2, 0.25) is 18.1 Å². The fourth-order valence-corrected chi connectivity index (χ4v) is 4.62. The van der Waals surface area contributed by atoms with Gasteiger partial charge >= 0.3 is 0 Å². The van der Waals surface area contributed by atoms with E-state index in [0.29, 0.717) is 0 Å². The third kappa shape index (κ3) is 3.73. The normalized spacial score (nSPS) is 19.6. The summed E-state index contributed by atoms with van der Waals surface area (Å²) >= 11 is 0. The Balaban J connectivity index is 0.000000810. The molecule has 1 saturated heterocycles. The molecule has 0 spiro atoms. The molecule has 10 heavy (non-hydrogen) atoms. The molecule has 0 N–H and O–H groups in total. The predicted molar refractivity (Wildman–Crippen MR) is 45.6 cm³/mol. The van der Waals surface area contributed by atoms with Crippen LogP contribution in [-0.2, 0) is 21.1 Å². The third-order valence-corrected chi connectivity index (χ3v) is 5.67. The van der Waals surface area contributed by atoms with Crippen molar-refractivity contribution in [3.05, 3.63) is 12.7 Å². The van der Waals surface area contributed by atoms with Crippen LogP contribution in [-0.4, -0.2) is 8.80 Å². The van der Waals surface area contributed by atoms with E-state index in [-0.39, 0.29) is 29.9 Å². The van der Waals surface area contributed by atoms with Gasteiger partial charge in [-0.1, -0.05) is 37.4 Å². The van der Waals surface area contributed by atoms with E-state index in [0.717, 1.165) is 0 Å². The van der Waals surface area contributed by atoms with Gasteiger partial charge in [-0.05, 0) is 6.04 Å². The summed E-state index contributed by atoms with van der Waals surface area (Å²) < 4.78 is 0. The molecule has 0 saturated carbocycles. The average molecular weight is 335 g/mol. The van der Waals surface area contributed by atoms with Crippen molar-refractivity contribution < 1.29 is 21.1 Å². The standard InChI is InChI=1S/C8H16Si.Pt/c1-2-6-9-7-4-3-5-8-9;/h2,9H,1,3-8H2;. The van der Waals surface area contributed by atoms with Crippen molar-refractivity contribution in [3.63, 3.8) is 0 Å². The molecular formula is C8H16PtSi. The first-order valence-corrected chi connectivity index (χ1v) is 6.49. The molecule has 1 fully saturated rings. The smallest absolute Gasteiger partial charge is 0.0405 e. The van der Waals surface area contributed by atoms with E-state index >= 15 is 0 Å². The Morgan fingerprint density at radius 3 is 2.30 bits per heavy atom. The largest absolute Gasteiger partial charge is 0.103 e. The second kappa shape index (κ2) is 6.36. The molecule has 0 aromatic carbocycles. The third-order valence-electron chi connectivity index (χ3n) is 2.22. The minimum atomic E-state index is -0.244. The molecule has 0 aliphatic carbocycles. The fraction of sp³-hybridized carbons (Fsp3) is 0.750. The van der Waals surface area contributed by atoms with Crippen molar-refractivity contribution in [2.24, 2.45) is 0 Å². The van der Waals surface area contributed by atoms with Gasteiger partial charge in [0.15, 0.2) is 0 Å². The van der Waals surface area contributed by atoms with Gasteiger partial charge in [0.2, 0.25) is 0 Å². The minimum absolute atomic E-state index is 0. The molecule has 1 aliphatic rings. The molecule has 0 amide bonds. The van der Waals surface area contributed by atoms with Crippen LogP contribution in [0.1, 0.15) is 19.3 Å². The van der Waals surface area contributed by atoms with Gasteiger partial charge in [-0.3, -0.25) is 0 Å². The van der Waals surface area contributed by atoms with Crippen LogP contribution in [0.15, 0.2) is 12.7 Å². The molecule has 0 bridgehead atoms. The van der Waals surface area contributed by atoms with E-state index in [4.69, 9.17) is 0 Å². The molecule has 0 unspecified atom stereocenters. The molecule has 0 aromatic rings. The summed E-state index contributed by atoms with van der Waals surface area (Å²) in [6.07, 6.45) is 6.66. The quantitative estimate of drug-likeness (QED) is 0.537. The molecule has 0 atom stereocenters. The van der Waals surface area contributed by atoms with Gasteiger partial charge in [0, 0.05) is 29.9 Å². The zero-order chi connectivity index (χ0) is 6.53. The van der Waals surface area contributed by atoms with E-state index in [1.165, 1.54) is 25.3 Å². The Morgan fingerprint density at radius 1 is 1.20 bits per heavy atom. The molecule has 2 heteroatoms. The monoisotopic (exact) mass is 335 g/mol. The van der Waals surface area contributed by atoms with E-state index in [2.05, 4.69) is 12.7 Å². The van der Waals surface area contributed by atoms with Crippen LogP contribution in [0.4, 0.5) is 0 Å². The van der Waals surface area contributed by atoms with Crippen LogP contribution in [0.5, 0.6) is 0 Å². The Hall–Kier alpha value is 0.645. The number of hydrogen-bond donors (Lipinski definition) is 0. The van der Waals surface area contributed by atoms with E-state index in [1.807, 2.05) is 0 Å². The van der Waals surface area contributed by atoms with Gasteiger partial charge in [0.05, 0.1) is 0 Å². The SMILES string of the molecule is C=CC[SiH]1CCCCC1.[Pt]. The van der Waals surface area contributed by atoms with Crippen molar-refractivity contribution in [2.75, 3.05) is 0 Å². The first-order chi connectivity index (χ1) is 4.43. The second-order valence-electron chi connectivity index (χ2n) is 3.03. The Bertz CT molecular complexity index is 87.3. The summed E-state index contributed by atoms with van der Waals surface area (Å²) in [6.45, 7) is 3.79. The van der Waals surface area contributed by atoms with Crippen LogP contribution >= 0.6 is 0 Å². The zero-order valence-corrected chi connectivity index (χ0v) is 9.85. The number of hydrogen-bond acceptors (Lipinski definition) is 0. The molecule has 1 heterocycles. The first kappa shape index (κ1) is 10.6. The number of allylic oxidation sites excluding steroid dienone is 1. The summed E-state index contributed by atoms with van der Waals surface area (Å²) in [6, 6.07) is 4.57. The first-order valence-electron chi connectivity index (χ1n) is 4.04. The minimum Gasteiger partial charge on any atom is -0.103 e. The maximum Gasteiger partial charge on any atom is 0.0405 e. The van der Waals surface area contributed by atoms with E-state index in [9.17, 15) is 0 Å². The van der Waals surface area contributed by atoms with Crippen molar-refractivity contribution >= 4 is 8.80 Å². The average Bonchev–Trinajstić information content (AvgIpc) is 1.91. The molecule has 0 aromatic heterocycles. The summed E-state index contributed by atoms with van der Waals surface area (Å²) in [7, 11) is -0.244. The molecule has 0 nitrogen and oxygen atoms in total. The van der Waals surface area contributed by atoms with Crippen LogP contribution in [0.25, 0.3) is 0 Å². The predicted octanol–water partition coefficient (Wildman–Crippen LogP) is 2.58. The Morgan fingerprint density at radius 2 is 1.80 bits per heavy atom. The molecule has 62 valence electrons. The van der Waals surface area contributed by atoms with Crippen molar-refractivity contribution in [2.45, 2.75) is 37.4 Å². The van der Waals surface area contributed by atoms with Gasteiger partial charge in [-0.2, -0.15) is 0 Å².